The monoisotopic (exact) mass is 356 g/mol. The third-order valence-electron chi connectivity index (χ3n) is 4.09. The van der Waals surface area contributed by atoms with Gasteiger partial charge in [-0.2, -0.15) is 0 Å². The van der Waals surface area contributed by atoms with Crippen molar-refractivity contribution < 1.29 is 14.3 Å². The summed E-state index contributed by atoms with van der Waals surface area (Å²) in [6, 6.07) is 15.2. The number of nitrogens with zero attached hydrogens (tertiary/aromatic N) is 1. The minimum absolute atomic E-state index is 0.0714. The smallest absolute Gasteiger partial charge is 0.238 e. The number of ether oxygens (including phenoxy) is 1. The van der Waals surface area contributed by atoms with Crippen LogP contribution in [0.3, 0.4) is 0 Å². The minimum Gasteiger partial charge on any atom is -0.496 e. The van der Waals surface area contributed by atoms with Crippen molar-refractivity contribution in [3.05, 3.63) is 54.1 Å². The first kappa shape index (κ1) is 17.4. The predicted octanol–water partition coefficient (Wildman–Crippen LogP) is 3.16. The Balaban J connectivity index is 1.65. The zero-order valence-corrected chi connectivity index (χ0v) is 15.0. The molecule has 2 aromatic rings. The van der Waals surface area contributed by atoms with E-state index >= 15 is 0 Å². The van der Waals surface area contributed by atoms with Crippen molar-refractivity contribution in [2.45, 2.75) is 23.1 Å². The lowest BCUT2D eigenvalue weighted by Gasteiger charge is -2.25. The number of carbonyl (C=O) groups is 2. The van der Waals surface area contributed by atoms with Gasteiger partial charge < -0.3 is 15.0 Å². The molecule has 0 saturated heterocycles. The number of hydrogen-bond acceptors (Lipinski definition) is 4. The third kappa shape index (κ3) is 3.96. The molecule has 6 heteroatoms. The summed E-state index contributed by atoms with van der Waals surface area (Å²) < 4.78 is 5.33. The van der Waals surface area contributed by atoms with Gasteiger partial charge in [-0.15, -0.1) is 11.8 Å². The van der Waals surface area contributed by atoms with Gasteiger partial charge in [0.2, 0.25) is 11.8 Å². The molecule has 2 aromatic carbocycles. The maximum absolute atomic E-state index is 12.6. The van der Waals surface area contributed by atoms with Gasteiger partial charge in [0.05, 0.1) is 18.0 Å². The van der Waals surface area contributed by atoms with E-state index in [1.807, 2.05) is 48.5 Å². The molecule has 0 saturated carbocycles. The van der Waals surface area contributed by atoms with Crippen LogP contribution in [0.5, 0.6) is 5.75 Å². The van der Waals surface area contributed by atoms with Crippen LogP contribution in [0.25, 0.3) is 0 Å². The number of amides is 2. The SMILES string of the molecule is COc1ccccc1CN(C)C(=O)C[C@@H]1Sc2ccccc2NC1=O. The summed E-state index contributed by atoms with van der Waals surface area (Å²) in [6.45, 7) is 0.443. The van der Waals surface area contributed by atoms with Crippen molar-refractivity contribution in [2.24, 2.45) is 0 Å². The number of rotatable bonds is 5. The first-order valence-corrected chi connectivity index (χ1v) is 8.89. The normalized spacial score (nSPS) is 15.9. The second-order valence-electron chi connectivity index (χ2n) is 5.86. The summed E-state index contributed by atoms with van der Waals surface area (Å²) >= 11 is 1.44. The van der Waals surface area contributed by atoms with Gasteiger partial charge in [0.15, 0.2) is 0 Å². The summed E-state index contributed by atoms with van der Waals surface area (Å²) in [7, 11) is 3.36. The molecule has 0 unspecified atom stereocenters. The summed E-state index contributed by atoms with van der Waals surface area (Å²) in [4.78, 5) is 27.4. The van der Waals surface area contributed by atoms with E-state index in [2.05, 4.69) is 5.32 Å². The highest BCUT2D eigenvalue weighted by molar-refractivity contribution is 8.01. The average Bonchev–Trinajstić information content (AvgIpc) is 2.62. The Bertz CT molecular complexity index is 794. The molecule has 0 spiro atoms. The van der Waals surface area contributed by atoms with E-state index in [0.717, 1.165) is 21.9 Å². The Morgan fingerprint density at radius 1 is 1.20 bits per heavy atom. The third-order valence-corrected chi connectivity index (χ3v) is 5.37. The van der Waals surface area contributed by atoms with E-state index in [0.29, 0.717) is 6.54 Å². The summed E-state index contributed by atoms with van der Waals surface area (Å²) in [5, 5.41) is 2.46. The zero-order valence-electron chi connectivity index (χ0n) is 14.2. The Morgan fingerprint density at radius 2 is 1.92 bits per heavy atom. The molecule has 1 heterocycles. The van der Waals surface area contributed by atoms with Crippen LogP contribution < -0.4 is 10.1 Å². The lowest BCUT2D eigenvalue weighted by molar-refractivity contribution is -0.131. The van der Waals surface area contributed by atoms with Crippen LogP contribution in [0.2, 0.25) is 0 Å². The van der Waals surface area contributed by atoms with Crippen LogP contribution in [0.1, 0.15) is 12.0 Å². The fraction of sp³-hybridized carbons (Fsp3) is 0.263. The minimum atomic E-state index is -0.414. The quantitative estimate of drug-likeness (QED) is 0.894. The average molecular weight is 356 g/mol. The highest BCUT2D eigenvalue weighted by Gasteiger charge is 2.29. The number of carbonyl (C=O) groups excluding carboxylic acids is 2. The zero-order chi connectivity index (χ0) is 17.8. The van der Waals surface area contributed by atoms with Crippen LogP contribution in [-0.4, -0.2) is 36.1 Å². The van der Waals surface area contributed by atoms with E-state index in [-0.39, 0.29) is 18.2 Å². The first-order chi connectivity index (χ1) is 12.1. The number of fused-ring (bicyclic) bond motifs is 1. The van der Waals surface area contributed by atoms with E-state index in [1.54, 1.807) is 19.1 Å². The lowest BCUT2D eigenvalue weighted by Crippen LogP contribution is -2.35. The summed E-state index contributed by atoms with van der Waals surface area (Å²) in [5.41, 5.74) is 1.75. The van der Waals surface area contributed by atoms with Crippen molar-refractivity contribution in [3.8, 4) is 5.75 Å². The molecule has 3 rings (SSSR count). The number of para-hydroxylation sites is 2. The molecular formula is C19H20N2O3S. The van der Waals surface area contributed by atoms with E-state index in [1.165, 1.54) is 11.8 Å². The van der Waals surface area contributed by atoms with Gasteiger partial charge in [-0.05, 0) is 18.2 Å². The molecule has 1 aliphatic rings. The van der Waals surface area contributed by atoms with E-state index in [9.17, 15) is 9.59 Å². The molecule has 1 aliphatic heterocycles. The number of anilines is 1. The number of hydrogen-bond donors (Lipinski definition) is 1. The largest absolute Gasteiger partial charge is 0.496 e. The van der Waals surface area contributed by atoms with Crippen LogP contribution in [0, 0.1) is 0 Å². The Morgan fingerprint density at radius 3 is 2.72 bits per heavy atom. The van der Waals surface area contributed by atoms with Gasteiger partial charge in [0.1, 0.15) is 5.75 Å². The van der Waals surface area contributed by atoms with Crippen molar-refractivity contribution in [2.75, 3.05) is 19.5 Å². The topological polar surface area (TPSA) is 58.6 Å². The maximum Gasteiger partial charge on any atom is 0.238 e. The summed E-state index contributed by atoms with van der Waals surface area (Å²) in [6.07, 6.45) is 0.163. The van der Waals surface area contributed by atoms with Gasteiger partial charge in [0, 0.05) is 30.5 Å². The second kappa shape index (κ2) is 7.61. The molecular weight excluding hydrogens is 336 g/mol. The predicted molar refractivity (Wildman–Crippen MR) is 98.8 cm³/mol. The molecule has 0 bridgehead atoms. The van der Waals surface area contributed by atoms with Crippen LogP contribution in [0.15, 0.2) is 53.4 Å². The Hall–Kier alpha value is -2.47. The summed E-state index contributed by atoms with van der Waals surface area (Å²) in [5.74, 6) is 0.557. The number of thioether (sulfide) groups is 1. The van der Waals surface area contributed by atoms with Gasteiger partial charge in [-0.1, -0.05) is 30.3 Å². The van der Waals surface area contributed by atoms with Gasteiger partial charge in [0.25, 0.3) is 0 Å². The van der Waals surface area contributed by atoms with Crippen molar-refractivity contribution in [1.29, 1.82) is 0 Å². The van der Waals surface area contributed by atoms with Gasteiger partial charge >= 0.3 is 0 Å². The molecule has 0 radical (unpaired) electrons. The fourth-order valence-electron chi connectivity index (χ4n) is 2.72. The Labute approximate surface area is 151 Å². The molecule has 0 aliphatic carbocycles. The second-order valence-corrected chi connectivity index (χ2v) is 7.10. The molecule has 1 N–H and O–H groups in total. The Kier molecular flexibility index (Phi) is 5.28. The van der Waals surface area contributed by atoms with Crippen LogP contribution in [-0.2, 0) is 16.1 Å². The molecule has 2 amide bonds. The van der Waals surface area contributed by atoms with Gasteiger partial charge in [-0.25, -0.2) is 0 Å². The molecule has 0 aromatic heterocycles. The molecule has 0 fully saturated rings. The number of methoxy groups -OCH3 is 1. The molecule has 1 atom stereocenters. The number of benzene rings is 2. The molecule has 25 heavy (non-hydrogen) atoms. The highest BCUT2D eigenvalue weighted by Crippen LogP contribution is 2.36. The highest BCUT2D eigenvalue weighted by atomic mass is 32.2. The van der Waals surface area contributed by atoms with Crippen molar-refractivity contribution in [3.63, 3.8) is 0 Å². The maximum atomic E-state index is 12.6. The lowest BCUT2D eigenvalue weighted by atomic mass is 10.1. The van der Waals surface area contributed by atoms with Crippen LogP contribution in [0.4, 0.5) is 5.69 Å². The molecule has 130 valence electrons. The van der Waals surface area contributed by atoms with Crippen molar-refractivity contribution in [1.82, 2.24) is 4.90 Å². The van der Waals surface area contributed by atoms with E-state index in [4.69, 9.17) is 4.74 Å². The van der Waals surface area contributed by atoms with Crippen molar-refractivity contribution >= 4 is 29.3 Å². The first-order valence-electron chi connectivity index (χ1n) is 8.01. The van der Waals surface area contributed by atoms with Crippen LogP contribution >= 0.6 is 11.8 Å². The van der Waals surface area contributed by atoms with E-state index < -0.39 is 5.25 Å². The number of nitrogens with one attached hydrogen (secondary N) is 1. The molecule has 5 nitrogen and oxygen atoms in total. The fourth-order valence-corrected chi connectivity index (χ4v) is 3.82. The van der Waals surface area contributed by atoms with Gasteiger partial charge in [-0.3, -0.25) is 9.59 Å². The standard InChI is InChI=1S/C19H20N2O3S/c1-21(12-13-7-3-5-9-15(13)24-2)18(22)11-17-19(23)20-14-8-4-6-10-16(14)25-17/h3-10,17H,11-12H2,1-2H3,(H,20,23)/t17-/m0/s1.